The lowest BCUT2D eigenvalue weighted by Crippen LogP contribution is -2.18. The molecule has 0 fully saturated rings. The molecule has 0 aromatic heterocycles. The van der Waals surface area contributed by atoms with Crippen molar-refractivity contribution < 1.29 is 12.8 Å². The van der Waals surface area contributed by atoms with Gasteiger partial charge in [0.15, 0.2) is 0 Å². The van der Waals surface area contributed by atoms with Crippen molar-refractivity contribution in [2.24, 2.45) is 0 Å². The van der Waals surface area contributed by atoms with Crippen LogP contribution in [0, 0.1) is 17.1 Å². The summed E-state index contributed by atoms with van der Waals surface area (Å²) in [7, 11) is -3.32. The van der Waals surface area contributed by atoms with Crippen LogP contribution in [0.4, 0.5) is 10.1 Å². The smallest absolute Gasteiger partial charge is 0.229 e. The quantitative estimate of drug-likeness (QED) is 0.842. The zero-order valence-electron chi connectivity index (χ0n) is 13.4. The fraction of sp³-hybridized carbons (Fsp3) is 0.235. The molecule has 0 saturated carbocycles. The first-order valence-electron chi connectivity index (χ1n) is 7.28. The highest BCUT2D eigenvalue weighted by Gasteiger charge is 2.09. The van der Waals surface area contributed by atoms with Crippen LogP contribution in [-0.4, -0.2) is 14.7 Å². The molecule has 0 amide bonds. The van der Waals surface area contributed by atoms with E-state index in [9.17, 15) is 12.8 Å². The van der Waals surface area contributed by atoms with Crippen LogP contribution in [0.15, 0.2) is 42.5 Å². The summed E-state index contributed by atoms with van der Waals surface area (Å²) in [6, 6.07) is 13.3. The molecule has 2 aromatic carbocycles. The summed E-state index contributed by atoms with van der Waals surface area (Å²) >= 11 is 0. The molecule has 0 heterocycles. The number of hydrogen-bond acceptors (Lipinski definition) is 4. The van der Waals surface area contributed by atoms with Crippen molar-refractivity contribution in [3.05, 3.63) is 65.0 Å². The zero-order chi connectivity index (χ0) is 17.7. The Morgan fingerprint density at radius 1 is 1.25 bits per heavy atom. The van der Waals surface area contributed by atoms with Crippen molar-refractivity contribution in [1.82, 2.24) is 5.32 Å². The lowest BCUT2D eigenvalue weighted by molar-refractivity contribution is 0.572. The highest BCUT2D eigenvalue weighted by molar-refractivity contribution is 7.92. The van der Waals surface area contributed by atoms with Crippen LogP contribution in [0.25, 0.3) is 0 Å². The second-order valence-corrected chi connectivity index (χ2v) is 7.28. The largest absolute Gasteiger partial charge is 0.306 e. The van der Waals surface area contributed by atoms with Crippen LogP contribution in [-0.2, 0) is 16.6 Å². The molecule has 0 aliphatic rings. The number of benzene rings is 2. The second-order valence-electron chi connectivity index (χ2n) is 5.53. The predicted molar refractivity (Wildman–Crippen MR) is 91.3 cm³/mol. The van der Waals surface area contributed by atoms with Gasteiger partial charge in [-0.15, -0.1) is 0 Å². The highest BCUT2D eigenvalue weighted by Crippen LogP contribution is 2.19. The summed E-state index contributed by atoms with van der Waals surface area (Å²) in [4.78, 5) is 0. The standard InChI is InChI=1S/C17H18FN3O2S/c1-12(14-4-3-5-16(9-14)21-24(2,22)23)20-11-13-6-7-17(18)15(8-13)10-19/h3-9,12,20-21H,11H2,1-2H3. The Morgan fingerprint density at radius 3 is 2.67 bits per heavy atom. The molecule has 126 valence electrons. The van der Waals surface area contributed by atoms with Gasteiger partial charge in [0.05, 0.1) is 11.8 Å². The molecule has 0 aliphatic heterocycles. The third-order valence-corrected chi connectivity index (χ3v) is 4.06. The minimum Gasteiger partial charge on any atom is -0.306 e. The average Bonchev–Trinajstić information content (AvgIpc) is 2.52. The van der Waals surface area contributed by atoms with Gasteiger partial charge < -0.3 is 5.32 Å². The molecule has 7 heteroatoms. The molecule has 0 radical (unpaired) electrons. The SMILES string of the molecule is CC(NCc1ccc(F)c(C#N)c1)c1cccc(NS(C)(=O)=O)c1. The van der Waals surface area contributed by atoms with Crippen molar-refractivity contribution in [1.29, 1.82) is 5.26 Å². The lowest BCUT2D eigenvalue weighted by Gasteiger charge is -2.16. The minimum absolute atomic E-state index is 0.0151. The maximum atomic E-state index is 13.3. The van der Waals surface area contributed by atoms with E-state index in [2.05, 4.69) is 10.0 Å². The Labute approximate surface area is 141 Å². The van der Waals surface area contributed by atoms with Crippen LogP contribution in [0.3, 0.4) is 0 Å². The molecule has 24 heavy (non-hydrogen) atoms. The van der Waals surface area contributed by atoms with E-state index in [0.29, 0.717) is 12.2 Å². The molecule has 2 aromatic rings. The first kappa shape index (κ1) is 17.9. The first-order valence-corrected chi connectivity index (χ1v) is 9.17. The van der Waals surface area contributed by atoms with Crippen LogP contribution in [0.1, 0.15) is 29.7 Å². The number of nitrogens with zero attached hydrogens (tertiary/aromatic N) is 1. The van der Waals surface area contributed by atoms with E-state index in [-0.39, 0.29) is 11.6 Å². The highest BCUT2D eigenvalue weighted by atomic mass is 32.2. The minimum atomic E-state index is -3.32. The molecule has 0 aliphatic carbocycles. The van der Waals surface area contributed by atoms with Gasteiger partial charge in [-0.1, -0.05) is 18.2 Å². The molecule has 2 N–H and O–H groups in total. The van der Waals surface area contributed by atoms with E-state index in [1.165, 1.54) is 12.1 Å². The number of nitriles is 1. The fourth-order valence-corrected chi connectivity index (χ4v) is 2.80. The monoisotopic (exact) mass is 347 g/mol. The molecular formula is C17H18FN3O2S. The summed E-state index contributed by atoms with van der Waals surface area (Å²) in [6.45, 7) is 2.40. The Morgan fingerprint density at radius 2 is 2.00 bits per heavy atom. The number of hydrogen-bond donors (Lipinski definition) is 2. The van der Waals surface area contributed by atoms with Gasteiger partial charge in [-0.25, -0.2) is 12.8 Å². The third-order valence-electron chi connectivity index (χ3n) is 3.45. The Balaban J connectivity index is 2.06. The normalized spacial score (nSPS) is 12.4. The lowest BCUT2D eigenvalue weighted by atomic mass is 10.1. The van der Waals surface area contributed by atoms with Crippen molar-refractivity contribution in [3.63, 3.8) is 0 Å². The third kappa shape index (κ3) is 5.05. The predicted octanol–water partition coefficient (Wildman–Crippen LogP) is 2.92. The molecule has 0 spiro atoms. The van der Waals surface area contributed by atoms with Crippen LogP contribution in [0.2, 0.25) is 0 Å². The van der Waals surface area contributed by atoms with Gasteiger partial charge in [-0.2, -0.15) is 5.26 Å². The molecule has 0 saturated heterocycles. The number of nitrogens with one attached hydrogen (secondary N) is 2. The van der Waals surface area contributed by atoms with E-state index in [4.69, 9.17) is 5.26 Å². The summed E-state index contributed by atoms with van der Waals surface area (Å²) < 4.78 is 38.3. The topological polar surface area (TPSA) is 82.0 Å². The summed E-state index contributed by atoms with van der Waals surface area (Å²) in [5.74, 6) is -0.533. The van der Waals surface area contributed by atoms with Gasteiger partial charge >= 0.3 is 0 Å². The van der Waals surface area contributed by atoms with E-state index in [1.807, 2.05) is 19.1 Å². The molecular weight excluding hydrogens is 329 g/mol. The second kappa shape index (κ2) is 7.43. The molecule has 1 unspecified atom stereocenters. The van der Waals surface area contributed by atoms with Crippen LogP contribution < -0.4 is 10.0 Å². The Kier molecular flexibility index (Phi) is 5.54. The van der Waals surface area contributed by atoms with Crippen molar-refractivity contribution in [2.45, 2.75) is 19.5 Å². The summed E-state index contributed by atoms with van der Waals surface area (Å²) in [6.07, 6.45) is 1.10. The van der Waals surface area contributed by atoms with E-state index >= 15 is 0 Å². The summed E-state index contributed by atoms with van der Waals surface area (Å²) in [5, 5.41) is 12.1. The van der Waals surface area contributed by atoms with E-state index in [0.717, 1.165) is 17.4 Å². The van der Waals surface area contributed by atoms with Crippen LogP contribution in [0.5, 0.6) is 0 Å². The number of anilines is 1. The van der Waals surface area contributed by atoms with Crippen molar-refractivity contribution in [2.75, 3.05) is 11.0 Å². The van der Waals surface area contributed by atoms with Crippen LogP contribution >= 0.6 is 0 Å². The molecule has 5 nitrogen and oxygen atoms in total. The fourth-order valence-electron chi connectivity index (χ4n) is 2.24. The maximum Gasteiger partial charge on any atom is 0.229 e. The van der Waals surface area contributed by atoms with Gasteiger partial charge in [0, 0.05) is 18.3 Å². The Hall–Kier alpha value is -2.43. The number of sulfonamides is 1. The van der Waals surface area contributed by atoms with Crippen molar-refractivity contribution in [3.8, 4) is 6.07 Å². The van der Waals surface area contributed by atoms with Gasteiger partial charge in [-0.3, -0.25) is 4.72 Å². The summed E-state index contributed by atoms with van der Waals surface area (Å²) in [5.41, 5.74) is 2.22. The van der Waals surface area contributed by atoms with E-state index < -0.39 is 15.8 Å². The van der Waals surface area contributed by atoms with Crippen molar-refractivity contribution >= 4 is 15.7 Å². The van der Waals surface area contributed by atoms with Gasteiger partial charge in [0.25, 0.3) is 0 Å². The van der Waals surface area contributed by atoms with Gasteiger partial charge in [0.1, 0.15) is 11.9 Å². The molecule has 1 atom stereocenters. The molecule has 2 rings (SSSR count). The number of halogens is 1. The van der Waals surface area contributed by atoms with Gasteiger partial charge in [0.2, 0.25) is 10.0 Å². The average molecular weight is 347 g/mol. The maximum absolute atomic E-state index is 13.3. The molecule has 0 bridgehead atoms. The zero-order valence-corrected chi connectivity index (χ0v) is 14.2. The number of rotatable bonds is 6. The van der Waals surface area contributed by atoms with Gasteiger partial charge in [-0.05, 0) is 42.3 Å². The Bertz CT molecular complexity index is 876. The first-order chi connectivity index (χ1) is 11.3. The van der Waals surface area contributed by atoms with E-state index in [1.54, 1.807) is 24.3 Å².